The van der Waals surface area contributed by atoms with Gasteiger partial charge in [-0.1, -0.05) is 35.3 Å². The first kappa shape index (κ1) is 15.5. The molecule has 0 aromatic heterocycles. The van der Waals surface area contributed by atoms with Gasteiger partial charge in [0, 0.05) is 15.7 Å². The van der Waals surface area contributed by atoms with E-state index in [2.05, 4.69) is 0 Å². The number of ether oxygens (including phenoxy) is 1. The first-order valence-electron chi connectivity index (χ1n) is 6.00. The summed E-state index contributed by atoms with van der Waals surface area (Å²) >= 11 is 13.5. The standard InChI is InChI=1S/C15H14Cl2O2S/c1-19-12-4-2-3-10(7-12)14(18)9-20-15-8-11(16)5-6-13(15)17/h2-8,14,18H,9H2,1H3. The largest absolute Gasteiger partial charge is 0.497 e. The van der Waals surface area contributed by atoms with Crippen molar-refractivity contribution in [3.63, 3.8) is 0 Å². The molecule has 106 valence electrons. The fourth-order valence-corrected chi connectivity index (χ4v) is 3.17. The molecule has 2 aromatic carbocycles. The molecule has 2 aromatic rings. The molecule has 0 spiro atoms. The van der Waals surface area contributed by atoms with Crippen molar-refractivity contribution in [3.05, 3.63) is 58.1 Å². The lowest BCUT2D eigenvalue weighted by Gasteiger charge is -2.12. The van der Waals surface area contributed by atoms with Gasteiger partial charge in [0.05, 0.1) is 18.2 Å². The van der Waals surface area contributed by atoms with Crippen LogP contribution in [0.1, 0.15) is 11.7 Å². The summed E-state index contributed by atoms with van der Waals surface area (Å²) in [4.78, 5) is 0.862. The number of methoxy groups -OCH3 is 1. The number of aliphatic hydroxyl groups excluding tert-OH is 1. The highest BCUT2D eigenvalue weighted by Crippen LogP contribution is 2.32. The van der Waals surface area contributed by atoms with Crippen LogP contribution in [-0.4, -0.2) is 18.0 Å². The Labute approximate surface area is 132 Å². The lowest BCUT2D eigenvalue weighted by atomic mass is 10.1. The molecular formula is C15H14Cl2O2S. The molecule has 2 nitrogen and oxygen atoms in total. The summed E-state index contributed by atoms with van der Waals surface area (Å²) in [7, 11) is 1.60. The number of rotatable bonds is 5. The van der Waals surface area contributed by atoms with Gasteiger partial charge in [-0.05, 0) is 35.9 Å². The SMILES string of the molecule is COc1cccc(C(O)CSc2cc(Cl)ccc2Cl)c1. The maximum absolute atomic E-state index is 10.2. The molecule has 0 amide bonds. The number of thioether (sulfide) groups is 1. The van der Waals surface area contributed by atoms with Crippen molar-refractivity contribution in [2.24, 2.45) is 0 Å². The van der Waals surface area contributed by atoms with Crippen LogP contribution in [0.2, 0.25) is 10.0 Å². The zero-order chi connectivity index (χ0) is 14.5. The molecular weight excluding hydrogens is 315 g/mol. The van der Waals surface area contributed by atoms with Crippen molar-refractivity contribution in [2.75, 3.05) is 12.9 Å². The van der Waals surface area contributed by atoms with Crippen molar-refractivity contribution in [1.29, 1.82) is 0 Å². The Balaban J connectivity index is 2.04. The van der Waals surface area contributed by atoms with Gasteiger partial charge >= 0.3 is 0 Å². The maximum atomic E-state index is 10.2. The van der Waals surface area contributed by atoms with E-state index in [1.165, 1.54) is 11.8 Å². The average molecular weight is 329 g/mol. The number of halogens is 2. The molecule has 0 aliphatic carbocycles. The molecule has 0 aliphatic rings. The van der Waals surface area contributed by atoms with E-state index >= 15 is 0 Å². The molecule has 1 atom stereocenters. The van der Waals surface area contributed by atoms with Gasteiger partial charge in [-0.25, -0.2) is 0 Å². The van der Waals surface area contributed by atoms with Crippen molar-refractivity contribution < 1.29 is 9.84 Å². The third-order valence-electron chi connectivity index (χ3n) is 2.77. The van der Waals surface area contributed by atoms with Crippen LogP contribution in [0, 0.1) is 0 Å². The maximum Gasteiger partial charge on any atom is 0.119 e. The van der Waals surface area contributed by atoms with Crippen molar-refractivity contribution in [1.82, 2.24) is 0 Å². The Kier molecular flexibility index (Phi) is 5.61. The highest BCUT2D eigenvalue weighted by atomic mass is 35.5. The topological polar surface area (TPSA) is 29.5 Å². The summed E-state index contributed by atoms with van der Waals surface area (Å²) in [5.74, 6) is 1.22. The molecule has 0 radical (unpaired) electrons. The summed E-state index contributed by atoms with van der Waals surface area (Å²) in [6.07, 6.45) is -0.592. The second-order valence-corrected chi connectivity index (χ2v) is 6.08. The van der Waals surface area contributed by atoms with E-state index < -0.39 is 6.10 Å². The fourth-order valence-electron chi connectivity index (χ4n) is 1.70. The highest BCUT2D eigenvalue weighted by molar-refractivity contribution is 7.99. The molecule has 0 aliphatic heterocycles. The van der Waals surface area contributed by atoms with Crippen molar-refractivity contribution in [2.45, 2.75) is 11.0 Å². The molecule has 0 saturated carbocycles. The number of hydrogen-bond acceptors (Lipinski definition) is 3. The lowest BCUT2D eigenvalue weighted by molar-refractivity contribution is 0.203. The Morgan fingerprint density at radius 3 is 2.75 bits per heavy atom. The number of hydrogen-bond donors (Lipinski definition) is 1. The second kappa shape index (κ2) is 7.23. The molecule has 0 bridgehead atoms. The van der Waals surface area contributed by atoms with Gasteiger partial charge in [-0.2, -0.15) is 0 Å². The lowest BCUT2D eigenvalue weighted by Crippen LogP contribution is -2.01. The molecule has 0 saturated heterocycles. The number of aliphatic hydroxyl groups is 1. The summed E-state index contributed by atoms with van der Waals surface area (Å²) in [5.41, 5.74) is 0.815. The van der Waals surface area contributed by atoms with Gasteiger partial charge in [0.25, 0.3) is 0 Å². The van der Waals surface area contributed by atoms with Crippen LogP contribution in [-0.2, 0) is 0 Å². The van der Waals surface area contributed by atoms with Gasteiger partial charge in [0.2, 0.25) is 0 Å². The number of benzene rings is 2. The van der Waals surface area contributed by atoms with Gasteiger partial charge in [0.1, 0.15) is 5.75 Å². The van der Waals surface area contributed by atoms with Crippen LogP contribution < -0.4 is 4.74 Å². The quantitative estimate of drug-likeness (QED) is 0.797. The molecule has 1 unspecified atom stereocenters. The van der Waals surface area contributed by atoms with Crippen molar-refractivity contribution in [3.8, 4) is 5.75 Å². The zero-order valence-corrected chi connectivity index (χ0v) is 13.2. The van der Waals surface area contributed by atoms with Crippen LogP contribution in [0.3, 0.4) is 0 Å². The normalized spacial score (nSPS) is 12.2. The van der Waals surface area contributed by atoms with Crippen LogP contribution in [0.25, 0.3) is 0 Å². The van der Waals surface area contributed by atoms with Crippen LogP contribution in [0.4, 0.5) is 0 Å². The smallest absolute Gasteiger partial charge is 0.119 e. The Bertz CT molecular complexity index is 590. The first-order chi connectivity index (χ1) is 9.60. The minimum Gasteiger partial charge on any atom is -0.497 e. The molecule has 20 heavy (non-hydrogen) atoms. The van der Waals surface area contributed by atoms with E-state index in [1.54, 1.807) is 25.3 Å². The molecule has 0 heterocycles. The summed E-state index contributed by atoms with van der Waals surface area (Å²) in [6.45, 7) is 0. The Morgan fingerprint density at radius 2 is 2.00 bits per heavy atom. The predicted molar refractivity (Wildman–Crippen MR) is 85.1 cm³/mol. The zero-order valence-electron chi connectivity index (χ0n) is 10.8. The average Bonchev–Trinajstić information content (AvgIpc) is 2.48. The van der Waals surface area contributed by atoms with E-state index in [9.17, 15) is 5.11 Å². The minimum atomic E-state index is -0.592. The highest BCUT2D eigenvalue weighted by Gasteiger charge is 2.11. The van der Waals surface area contributed by atoms with Gasteiger partial charge in [-0.15, -0.1) is 11.8 Å². The Morgan fingerprint density at radius 1 is 1.20 bits per heavy atom. The monoisotopic (exact) mass is 328 g/mol. The molecule has 5 heteroatoms. The van der Waals surface area contributed by atoms with Gasteiger partial charge < -0.3 is 9.84 Å². The van der Waals surface area contributed by atoms with Crippen molar-refractivity contribution >= 4 is 35.0 Å². The minimum absolute atomic E-state index is 0.493. The van der Waals surface area contributed by atoms with Gasteiger partial charge in [-0.3, -0.25) is 0 Å². The first-order valence-corrected chi connectivity index (χ1v) is 7.74. The van der Waals surface area contributed by atoms with Crippen LogP contribution >= 0.6 is 35.0 Å². The summed E-state index contributed by atoms with van der Waals surface area (Å²) < 4.78 is 5.15. The fraction of sp³-hybridized carbons (Fsp3) is 0.200. The summed E-state index contributed by atoms with van der Waals surface area (Å²) in [6, 6.07) is 12.7. The summed E-state index contributed by atoms with van der Waals surface area (Å²) in [5, 5.41) is 11.5. The molecule has 0 fully saturated rings. The van der Waals surface area contributed by atoms with Crippen LogP contribution in [0.5, 0.6) is 5.75 Å². The third-order valence-corrected chi connectivity index (χ3v) is 4.58. The molecule has 2 rings (SSSR count). The third kappa shape index (κ3) is 4.06. The van der Waals surface area contributed by atoms with E-state index in [-0.39, 0.29) is 0 Å². The second-order valence-electron chi connectivity index (χ2n) is 4.18. The van der Waals surface area contributed by atoms with Crippen LogP contribution in [0.15, 0.2) is 47.4 Å². The molecule has 1 N–H and O–H groups in total. The Hall–Kier alpha value is -0.870. The predicted octanol–water partition coefficient (Wildman–Crippen LogP) is 4.83. The van der Waals surface area contributed by atoms with E-state index in [1.807, 2.05) is 24.3 Å². The van der Waals surface area contributed by atoms with E-state index in [0.717, 1.165) is 16.2 Å². The van der Waals surface area contributed by atoms with Gasteiger partial charge in [0.15, 0.2) is 0 Å². The van der Waals surface area contributed by atoms with E-state index in [4.69, 9.17) is 27.9 Å². The van der Waals surface area contributed by atoms with E-state index in [0.29, 0.717) is 15.8 Å².